The lowest BCUT2D eigenvalue weighted by Gasteiger charge is -2.12. The van der Waals surface area contributed by atoms with Gasteiger partial charge < -0.3 is 10.6 Å². The van der Waals surface area contributed by atoms with Crippen molar-refractivity contribution in [1.82, 2.24) is 15.1 Å². The van der Waals surface area contributed by atoms with Gasteiger partial charge in [-0.3, -0.25) is 5.41 Å². The first-order valence-electron chi connectivity index (χ1n) is 5.81. The molecule has 0 saturated carbocycles. The van der Waals surface area contributed by atoms with Gasteiger partial charge in [-0.15, -0.1) is 0 Å². The first-order chi connectivity index (χ1) is 9.06. The van der Waals surface area contributed by atoms with E-state index in [1.54, 1.807) is 0 Å². The fourth-order valence-corrected chi connectivity index (χ4v) is 1.91. The molecule has 19 heavy (non-hydrogen) atoms. The molecule has 0 aliphatic heterocycles. The van der Waals surface area contributed by atoms with Gasteiger partial charge in [0.2, 0.25) is 5.96 Å². The van der Waals surface area contributed by atoms with Crippen LogP contribution in [0.1, 0.15) is 11.4 Å². The quantitative estimate of drug-likeness (QED) is 0.424. The van der Waals surface area contributed by atoms with Gasteiger partial charge >= 0.3 is 0 Å². The molecule has 0 bridgehead atoms. The molecule has 0 saturated heterocycles. The molecule has 98 valence electrons. The van der Waals surface area contributed by atoms with Crippen LogP contribution in [0.3, 0.4) is 0 Å². The number of thiocarbonyl (C=S) groups is 1. The minimum absolute atomic E-state index is 0.124. The summed E-state index contributed by atoms with van der Waals surface area (Å²) in [5.41, 5.74) is 2.63. The summed E-state index contributed by atoms with van der Waals surface area (Å²) in [7, 11) is 0. The molecule has 2 rings (SSSR count). The predicted octanol–water partition coefficient (Wildman–Crippen LogP) is 2.27. The third-order valence-electron chi connectivity index (χ3n) is 2.48. The fraction of sp³-hybridized carbons (Fsp3) is 0.154. The van der Waals surface area contributed by atoms with Gasteiger partial charge in [0.1, 0.15) is 0 Å². The Kier molecular flexibility index (Phi) is 3.91. The minimum atomic E-state index is 0.124. The topological polar surface area (TPSA) is 65.7 Å². The van der Waals surface area contributed by atoms with Crippen LogP contribution >= 0.6 is 12.2 Å². The molecule has 5 nitrogen and oxygen atoms in total. The summed E-state index contributed by atoms with van der Waals surface area (Å²) in [5.74, 6) is 0.124. The molecule has 0 amide bonds. The Morgan fingerprint density at radius 2 is 1.95 bits per heavy atom. The second-order valence-corrected chi connectivity index (χ2v) is 4.54. The number of rotatable bonds is 1. The largest absolute Gasteiger partial charge is 0.332 e. The summed E-state index contributed by atoms with van der Waals surface area (Å²) in [6.45, 7) is 3.78. The highest BCUT2D eigenvalue weighted by Crippen LogP contribution is 2.05. The number of nitrogens with zero attached hydrogens (tertiary/aromatic N) is 2. The molecule has 6 heteroatoms. The van der Waals surface area contributed by atoms with Crippen LogP contribution in [0.25, 0.3) is 0 Å². The number of anilines is 1. The molecule has 0 radical (unpaired) electrons. The summed E-state index contributed by atoms with van der Waals surface area (Å²) in [5, 5.41) is 18.3. The zero-order valence-corrected chi connectivity index (χ0v) is 11.6. The maximum atomic E-state index is 7.94. The Labute approximate surface area is 117 Å². The average Bonchev–Trinajstić information content (AvgIpc) is 2.69. The fourth-order valence-electron chi connectivity index (χ4n) is 1.70. The number of aromatic nitrogens is 2. The molecule has 1 aromatic carbocycles. The SMILES string of the molecule is Cc1cc(C)n(C(=N)NC(=S)Nc2ccccc2)n1. The van der Waals surface area contributed by atoms with Crippen molar-refractivity contribution in [2.45, 2.75) is 13.8 Å². The van der Waals surface area contributed by atoms with Gasteiger partial charge in [-0.2, -0.15) is 5.10 Å². The summed E-state index contributed by atoms with van der Waals surface area (Å²) < 4.78 is 1.51. The molecule has 0 unspecified atom stereocenters. The molecule has 2 aromatic rings. The number of para-hydroxylation sites is 1. The normalized spacial score (nSPS) is 10.0. The monoisotopic (exact) mass is 273 g/mol. The van der Waals surface area contributed by atoms with E-state index in [2.05, 4.69) is 15.7 Å². The van der Waals surface area contributed by atoms with Crippen molar-refractivity contribution >= 4 is 29.0 Å². The molecule has 0 atom stereocenters. The van der Waals surface area contributed by atoms with Crippen LogP contribution in [0.15, 0.2) is 36.4 Å². The first-order valence-corrected chi connectivity index (χ1v) is 6.22. The van der Waals surface area contributed by atoms with Crippen LogP contribution < -0.4 is 10.6 Å². The van der Waals surface area contributed by atoms with Crippen LogP contribution in [0, 0.1) is 19.3 Å². The van der Waals surface area contributed by atoms with Crippen LogP contribution in [-0.4, -0.2) is 20.9 Å². The number of nitrogens with one attached hydrogen (secondary N) is 3. The number of aryl methyl sites for hydroxylation is 2. The van der Waals surface area contributed by atoms with E-state index in [1.807, 2.05) is 50.2 Å². The van der Waals surface area contributed by atoms with Crippen molar-refractivity contribution in [2.75, 3.05) is 5.32 Å². The predicted molar refractivity (Wildman–Crippen MR) is 80.6 cm³/mol. The third-order valence-corrected chi connectivity index (χ3v) is 2.69. The molecular weight excluding hydrogens is 258 g/mol. The molecule has 0 fully saturated rings. The minimum Gasteiger partial charge on any atom is -0.332 e. The van der Waals surface area contributed by atoms with E-state index in [4.69, 9.17) is 17.6 Å². The molecular formula is C13H15N5S. The summed E-state index contributed by atoms with van der Waals surface area (Å²) in [6, 6.07) is 11.5. The van der Waals surface area contributed by atoms with Gasteiger partial charge in [-0.25, -0.2) is 4.68 Å². The Morgan fingerprint density at radius 1 is 1.26 bits per heavy atom. The Bertz CT molecular complexity index is 603. The highest BCUT2D eigenvalue weighted by molar-refractivity contribution is 7.80. The zero-order valence-electron chi connectivity index (χ0n) is 10.8. The van der Waals surface area contributed by atoms with Crippen molar-refractivity contribution in [3.63, 3.8) is 0 Å². The Morgan fingerprint density at radius 3 is 2.53 bits per heavy atom. The highest BCUT2D eigenvalue weighted by atomic mass is 32.1. The molecule has 0 aliphatic rings. The van der Waals surface area contributed by atoms with Crippen LogP contribution in [0.2, 0.25) is 0 Å². The van der Waals surface area contributed by atoms with E-state index in [1.165, 1.54) is 4.68 Å². The van der Waals surface area contributed by atoms with E-state index in [9.17, 15) is 0 Å². The van der Waals surface area contributed by atoms with Crippen molar-refractivity contribution in [3.05, 3.63) is 47.8 Å². The van der Waals surface area contributed by atoms with Crippen LogP contribution in [0.4, 0.5) is 5.69 Å². The molecule has 1 heterocycles. The molecule has 0 spiro atoms. The van der Waals surface area contributed by atoms with Crippen molar-refractivity contribution in [1.29, 1.82) is 5.41 Å². The van der Waals surface area contributed by atoms with Crippen LogP contribution in [0.5, 0.6) is 0 Å². The van der Waals surface area contributed by atoms with E-state index >= 15 is 0 Å². The molecule has 3 N–H and O–H groups in total. The number of benzene rings is 1. The lowest BCUT2D eigenvalue weighted by Crippen LogP contribution is -2.38. The Balaban J connectivity index is 2.00. The summed E-state index contributed by atoms with van der Waals surface area (Å²) in [6.07, 6.45) is 0. The average molecular weight is 273 g/mol. The molecule has 0 aliphatic carbocycles. The van der Waals surface area contributed by atoms with Gasteiger partial charge in [0, 0.05) is 11.4 Å². The summed E-state index contributed by atoms with van der Waals surface area (Å²) in [4.78, 5) is 0. The van der Waals surface area contributed by atoms with E-state index in [0.717, 1.165) is 17.1 Å². The Hall–Kier alpha value is -2.21. The van der Waals surface area contributed by atoms with E-state index in [0.29, 0.717) is 5.11 Å². The number of hydrogen-bond acceptors (Lipinski definition) is 3. The number of hydrogen-bond donors (Lipinski definition) is 3. The zero-order chi connectivity index (χ0) is 13.8. The lowest BCUT2D eigenvalue weighted by molar-refractivity contribution is 0.848. The standard InChI is InChI=1S/C13H15N5S/c1-9-8-10(2)18(17-9)12(14)16-13(19)15-11-6-4-3-5-7-11/h3-8H,1-2H3,(H3,14,15,16,19). The van der Waals surface area contributed by atoms with Gasteiger partial charge in [0.05, 0.1) is 5.69 Å². The van der Waals surface area contributed by atoms with Gasteiger partial charge in [0.25, 0.3) is 0 Å². The van der Waals surface area contributed by atoms with Crippen LogP contribution in [-0.2, 0) is 0 Å². The smallest absolute Gasteiger partial charge is 0.222 e. The van der Waals surface area contributed by atoms with Crippen molar-refractivity contribution < 1.29 is 0 Å². The second kappa shape index (κ2) is 5.62. The summed E-state index contributed by atoms with van der Waals surface area (Å²) >= 11 is 5.16. The van der Waals surface area contributed by atoms with Gasteiger partial charge in [0.15, 0.2) is 5.11 Å². The lowest BCUT2D eigenvalue weighted by atomic mass is 10.3. The van der Waals surface area contributed by atoms with Crippen molar-refractivity contribution in [3.8, 4) is 0 Å². The van der Waals surface area contributed by atoms with Gasteiger partial charge in [-0.1, -0.05) is 18.2 Å². The highest BCUT2D eigenvalue weighted by Gasteiger charge is 2.08. The second-order valence-electron chi connectivity index (χ2n) is 4.13. The molecule has 1 aromatic heterocycles. The maximum Gasteiger partial charge on any atom is 0.222 e. The van der Waals surface area contributed by atoms with Crippen molar-refractivity contribution in [2.24, 2.45) is 0 Å². The third kappa shape index (κ3) is 3.38. The van der Waals surface area contributed by atoms with E-state index in [-0.39, 0.29) is 5.96 Å². The van der Waals surface area contributed by atoms with E-state index < -0.39 is 0 Å². The maximum absolute atomic E-state index is 7.94. The first kappa shape index (κ1) is 13.2. The van der Waals surface area contributed by atoms with Gasteiger partial charge in [-0.05, 0) is 44.3 Å².